The number of carbonyl (C=O) groups excluding carboxylic acids is 1. The molecule has 0 N–H and O–H groups in total. The predicted octanol–water partition coefficient (Wildman–Crippen LogP) is 2.95. The van der Waals surface area contributed by atoms with E-state index in [4.69, 9.17) is 4.74 Å². The Morgan fingerprint density at radius 2 is 2.00 bits per heavy atom. The Hall–Kier alpha value is -1.55. The largest absolute Gasteiger partial charge is 0.469 e. The van der Waals surface area contributed by atoms with E-state index in [2.05, 4.69) is 41.1 Å². The first kappa shape index (κ1) is 15.5. The van der Waals surface area contributed by atoms with Crippen LogP contribution in [0.5, 0.6) is 0 Å². The summed E-state index contributed by atoms with van der Waals surface area (Å²) in [5.41, 5.74) is 3.14. The fourth-order valence-corrected chi connectivity index (χ4v) is 8.57. The summed E-state index contributed by atoms with van der Waals surface area (Å²) in [5.74, 6) is 0.0125. The smallest absolute Gasteiger partial charge is 0.311 e. The molecule has 0 aromatic heterocycles. The van der Waals surface area contributed by atoms with Crippen LogP contribution in [0.2, 0.25) is 0 Å². The van der Waals surface area contributed by atoms with Gasteiger partial charge in [-0.05, 0) is 68.7 Å². The van der Waals surface area contributed by atoms with Crippen molar-refractivity contribution in [2.75, 3.05) is 32.1 Å². The normalized spacial score (nSPS) is 45.2. The molecular formula is C22H28N2O2. The fourth-order valence-electron chi connectivity index (χ4n) is 8.57. The summed E-state index contributed by atoms with van der Waals surface area (Å²) >= 11 is 0. The summed E-state index contributed by atoms with van der Waals surface area (Å²) in [7, 11) is 3.82. The highest BCUT2D eigenvalue weighted by Crippen LogP contribution is 2.75. The van der Waals surface area contributed by atoms with Crippen LogP contribution in [-0.2, 0) is 14.9 Å². The van der Waals surface area contributed by atoms with E-state index in [0.717, 1.165) is 12.8 Å². The van der Waals surface area contributed by atoms with E-state index in [1.165, 1.54) is 50.0 Å². The van der Waals surface area contributed by atoms with Crippen LogP contribution in [0.25, 0.3) is 0 Å². The number of carbonyl (C=O) groups is 1. The molecule has 5 atom stereocenters. The molecule has 4 heteroatoms. The van der Waals surface area contributed by atoms with Crippen LogP contribution in [0.15, 0.2) is 24.3 Å². The molecule has 0 unspecified atom stereocenters. The Kier molecular flexibility index (Phi) is 2.77. The van der Waals surface area contributed by atoms with Gasteiger partial charge in [-0.25, -0.2) is 0 Å². The molecule has 3 spiro atoms. The van der Waals surface area contributed by atoms with Crippen molar-refractivity contribution in [3.63, 3.8) is 0 Å². The van der Waals surface area contributed by atoms with Gasteiger partial charge in [0.1, 0.15) is 0 Å². The monoisotopic (exact) mass is 352 g/mol. The van der Waals surface area contributed by atoms with Gasteiger partial charge >= 0.3 is 5.97 Å². The molecule has 6 aliphatic rings. The zero-order valence-electron chi connectivity index (χ0n) is 15.8. The second-order valence-electron chi connectivity index (χ2n) is 9.41. The Labute approximate surface area is 155 Å². The Morgan fingerprint density at radius 1 is 1.15 bits per heavy atom. The van der Waals surface area contributed by atoms with Crippen molar-refractivity contribution in [2.24, 2.45) is 11.3 Å². The zero-order valence-corrected chi connectivity index (χ0v) is 15.8. The van der Waals surface area contributed by atoms with Crippen molar-refractivity contribution < 1.29 is 9.53 Å². The summed E-state index contributed by atoms with van der Waals surface area (Å²) in [6, 6.07) is 9.60. The van der Waals surface area contributed by atoms with Crippen LogP contribution in [0, 0.1) is 11.3 Å². The number of rotatable bonds is 1. The van der Waals surface area contributed by atoms with E-state index in [1.54, 1.807) is 7.11 Å². The third-order valence-electron chi connectivity index (χ3n) is 9.12. The number of hydrogen-bond donors (Lipinski definition) is 0. The second kappa shape index (κ2) is 4.64. The van der Waals surface area contributed by atoms with Gasteiger partial charge in [0.25, 0.3) is 0 Å². The van der Waals surface area contributed by atoms with Crippen LogP contribution < -0.4 is 4.90 Å². The third-order valence-corrected chi connectivity index (χ3v) is 9.12. The lowest BCUT2D eigenvalue weighted by molar-refractivity contribution is -0.174. The lowest BCUT2D eigenvalue weighted by atomic mass is 9.38. The van der Waals surface area contributed by atoms with E-state index < -0.39 is 0 Å². The predicted molar refractivity (Wildman–Crippen MR) is 100 cm³/mol. The maximum atomic E-state index is 13.1. The van der Waals surface area contributed by atoms with Crippen molar-refractivity contribution in [1.82, 2.24) is 4.90 Å². The van der Waals surface area contributed by atoms with E-state index in [-0.39, 0.29) is 22.8 Å². The van der Waals surface area contributed by atoms with E-state index in [0.29, 0.717) is 11.5 Å². The molecular weight excluding hydrogens is 324 g/mol. The number of likely N-dealkylation sites (N-methyl/N-ethyl adjacent to an activating group) is 1. The SMILES string of the molecule is COC(=O)[C@@H]1C[C@@]23CCCN4CC[C@]5(c6ccccc6N(C)[C@@]15CC2)[C@H]43. The van der Waals surface area contributed by atoms with Gasteiger partial charge in [-0.2, -0.15) is 0 Å². The Balaban J connectivity index is 1.68. The van der Waals surface area contributed by atoms with Crippen molar-refractivity contribution >= 4 is 11.7 Å². The highest BCUT2D eigenvalue weighted by molar-refractivity contribution is 5.81. The lowest BCUT2D eigenvalue weighted by Crippen LogP contribution is -2.78. The van der Waals surface area contributed by atoms with Crippen LogP contribution in [-0.4, -0.2) is 49.7 Å². The maximum absolute atomic E-state index is 13.1. The second-order valence-corrected chi connectivity index (χ2v) is 9.41. The molecule has 3 saturated carbocycles. The van der Waals surface area contributed by atoms with Crippen LogP contribution >= 0.6 is 0 Å². The number of piperidine rings is 1. The quantitative estimate of drug-likeness (QED) is 0.728. The van der Waals surface area contributed by atoms with Gasteiger partial charge in [0, 0.05) is 24.2 Å². The first-order valence-electron chi connectivity index (χ1n) is 10.3. The minimum absolute atomic E-state index is 0.00653. The number of benzene rings is 1. The van der Waals surface area contributed by atoms with Gasteiger partial charge < -0.3 is 9.64 Å². The number of hydrogen-bond acceptors (Lipinski definition) is 4. The standard InChI is InChI=1S/C22H28N2O2/c1-23-17-7-4-3-6-15(17)21-11-13-24-12-5-8-20(19(21)24)9-10-22(21,23)16(14-20)18(25)26-2/h3-4,6-7,16,19H,5,8-14H2,1-2H3/t16-,19+,20+,21-,22-/m0/s1. The third kappa shape index (κ3) is 1.35. The molecule has 3 aliphatic carbocycles. The molecule has 1 aromatic rings. The van der Waals surface area contributed by atoms with Crippen LogP contribution in [0.1, 0.15) is 44.1 Å². The van der Waals surface area contributed by atoms with Gasteiger partial charge in [0.05, 0.1) is 18.6 Å². The number of nitrogens with zero attached hydrogens (tertiary/aromatic N) is 2. The van der Waals surface area contributed by atoms with Crippen molar-refractivity contribution in [3.8, 4) is 0 Å². The molecule has 3 aliphatic heterocycles. The summed E-state index contributed by atoms with van der Waals surface area (Å²) in [6.45, 7) is 2.42. The lowest BCUT2D eigenvalue weighted by Gasteiger charge is -2.70. The highest BCUT2D eigenvalue weighted by atomic mass is 16.5. The summed E-state index contributed by atoms with van der Waals surface area (Å²) in [4.78, 5) is 18.4. The molecule has 0 amide bonds. The number of anilines is 1. The molecule has 3 heterocycles. The minimum Gasteiger partial charge on any atom is -0.469 e. The summed E-state index contributed by atoms with van der Waals surface area (Å²) in [6.07, 6.45) is 7.16. The van der Waals surface area contributed by atoms with E-state index in [1.807, 2.05) is 0 Å². The Bertz CT molecular complexity index is 809. The number of methoxy groups -OCH3 is 1. The van der Waals surface area contributed by atoms with Gasteiger partial charge in [0.2, 0.25) is 0 Å². The number of ether oxygens (including phenoxy) is 1. The van der Waals surface area contributed by atoms with Crippen LogP contribution in [0.4, 0.5) is 5.69 Å². The molecule has 2 saturated heterocycles. The summed E-state index contributed by atoms with van der Waals surface area (Å²) < 4.78 is 5.39. The molecule has 138 valence electrons. The number of para-hydroxylation sites is 1. The first-order chi connectivity index (χ1) is 12.6. The molecule has 2 bridgehead atoms. The molecule has 1 aromatic carbocycles. The highest BCUT2D eigenvalue weighted by Gasteiger charge is 2.80. The Morgan fingerprint density at radius 3 is 2.85 bits per heavy atom. The maximum Gasteiger partial charge on any atom is 0.311 e. The van der Waals surface area contributed by atoms with Gasteiger partial charge in [0.15, 0.2) is 0 Å². The zero-order chi connectivity index (χ0) is 17.7. The van der Waals surface area contributed by atoms with Crippen molar-refractivity contribution in [2.45, 2.75) is 55.5 Å². The van der Waals surface area contributed by atoms with Crippen molar-refractivity contribution in [3.05, 3.63) is 29.8 Å². The summed E-state index contributed by atoms with van der Waals surface area (Å²) in [5, 5.41) is 0. The molecule has 0 radical (unpaired) electrons. The van der Waals surface area contributed by atoms with E-state index >= 15 is 0 Å². The average Bonchev–Trinajstić information content (AvgIpc) is 3.19. The number of esters is 1. The van der Waals surface area contributed by atoms with Crippen molar-refractivity contribution in [1.29, 1.82) is 0 Å². The molecule has 4 nitrogen and oxygen atoms in total. The minimum atomic E-state index is -0.109. The molecule has 26 heavy (non-hydrogen) atoms. The molecule has 7 rings (SSSR count). The first-order valence-corrected chi connectivity index (χ1v) is 10.3. The average molecular weight is 352 g/mol. The number of fused-ring (bicyclic) bond motifs is 3. The topological polar surface area (TPSA) is 32.8 Å². The fraction of sp³-hybridized carbons (Fsp3) is 0.682. The van der Waals surface area contributed by atoms with Gasteiger partial charge in [-0.1, -0.05) is 18.2 Å². The molecule has 5 fully saturated rings. The van der Waals surface area contributed by atoms with Gasteiger partial charge in [-0.15, -0.1) is 0 Å². The van der Waals surface area contributed by atoms with Crippen LogP contribution in [0.3, 0.4) is 0 Å². The van der Waals surface area contributed by atoms with E-state index in [9.17, 15) is 4.79 Å². The van der Waals surface area contributed by atoms with Gasteiger partial charge in [-0.3, -0.25) is 9.69 Å².